The number of aromatic nitrogens is 8. The van der Waals surface area contributed by atoms with Crippen LogP contribution < -0.4 is 5.32 Å². The summed E-state index contributed by atoms with van der Waals surface area (Å²) in [4.78, 5) is 6.05. The van der Waals surface area contributed by atoms with Gasteiger partial charge in [0, 0.05) is 55.0 Å². The quantitative estimate of drug-likeness (QED) is 0.367. The number of hydrogen-bond acceptors (Lipinski definition) is 7. The van der Waals surface area contributed by atoms with Crippen molar-refractivity contribution in [1.82, 2.24) is 50.2 Å². The minimum Gasteiger partial charge on any atom is -0.361 e. The summed E-state index contributed by atoms with van der Waals surface area (Å²) in [6.07, 6.45) is 7.67. The van der Waals surface area contributed by atoms with Crippen LogP contribution in [-0.2, 0) is 19.0 Å². The Morgan fingerprint density at radius 1 is 1.08 bits per heavy atom. The highest BCUT2D eigenvalue weighted by molar-refractivity contribution is 5.85. The fourth-order valence-electron chi connectivity index (χ4n) is 5.46. The molecule has 36 heavy (non-hydrogen) atoms. The van der Waals surface area contributed by atoms with Crippen molar-refractivity contribution in [2.24, 2.45) is 7.05 Å². The third-order valence-corrected chi connectivity index (χ3v) is 7.44. The molecule has 0 saturated carbocycles. The van der Waals surface area contributed by atoms with Crippen molar-refractivity contribution in [1.29, 1.82) is 0 Å². The summed E-state index contributed by atoms with van der Waals surface area (Å²) in [5.41, 5.74) is 5.73. The first-order valence-electron chi connectivity index (χ1n) is 12.4. The molecule has 0 aliphatic carbocycles. The molecule has 6 rings (SSSR count). The van der Waals surface area contributed by atoms with Gasteiger partial charge in [-0.1, -0.05) is 24.3 Å². The van der Waals surface area contributed by atoms with Crippen molar-refractivity contribution < 1.29 is 0 Å². The monoisotopic (exact) mass is 482 g/mol. The molecule has 0 amide bonds. The number of aromatic amines is 1. The lowest BCUT2D eigenvalue weighted by Gasteiger charge is -2.46. The van der Waals surface area contributed by atoms with E-state index >= 15 is 0 Å². The second-order valence-electron chi connectivity index (χ2n) is 9.63. The predicted octanol–water partition coefficient (Wildman–Crippen LogP) is 2.69. The highest BCUT2D eigenvalue weighted by atomic mass is 15.5. The summed E-state index contributed by atoms with van der Waals surface area (Å²) in [7, 11) is 1.89. The van der Waals surface area contributed by atoms with E-state index in [0.717, 1.165) is 61.6 Å². The zero-order chi connectivity index (χ0) is 24.5. The van der Waals surface area contributed by atoms with Gasteiger partial charge in [-0.25, -0.2) is 4.68 Å². The van der Waals surface area contributed by atoms with Crippen LogP contribution in [0.1, 0.15) is 24.5 Å². The van der Waals surface area contributed by atoms with Crippen LogP contribution in [0.4, 0.5) is 0 Å². The van der Waals surface area contributed by atoms with Crippen molar-refractivity contribution in [3.8, 4) is 17.1 Å². The first-order chi connectivity index (χ1) is 17.6. The van der Waals surface area contributed by atoms with Crippen molar-refractivity contribution in [2.45, 2.75) is 25.3 Å². The van der Waals surface area contributed by atoms with Crippen molar-refractivity contribution in [3.05, 3.63) is 72.4 Å². The highest BCUT2D eigenvalue weighted by Gasteiger charge is 2.38. The first kappa shape index (κ1) is 22.6. The van der Waals surface area contributed by atoms with Crippen molar-refractivity contribution >= 4 is 10.9 Å². The third kappa shape index (κ3) is 3.98. The number of H-pyrrole nitrogens is 1. The molecule has 1 fully saturated rings. The van der Waals surface area contributed by atoms with Gasteiger partial charge in [0.1, 0.15) is 12.7 Å². The van der Waals surface area contributed by atoms with E-state index in [2.05, 4.69) is 96.5 Å². The number of benzene rings is 2. The van der Waals surface area contributed by atoms with Gasteiger partial charge in [0.05, 0.1) is 5.54 Å². The molecule has 1 saturated heterocycles. The molecule has 1 aliphatic rings. The molecule has 2 aromatic carbocycles. The lowest BCUT2D eigenvalue weighted by atomic mass is 9.84. The smallest absolute Gasteiger partial charge is 0.182 e. The van der Waals surface area contributed by atoms with Crippen LogP contribution >= 0.6 is 0 Å². The van der Waals surface area contributed by atoms with Crippen LogP contribution in [0.25, 0.3) is 28.0 Å². The second-order valence-corrected chi connectivity index (χ2v) is 9.63. The predicted molar refractivity (Wildman–Crippen MR) is 138 cm³/mol. The van der Waals surface area contributed by atoms with Gasteiger partial charge in [0.15, 0.2) is 5.82 Å². The van der Waals surface area contributed by atoms with E-state index < -0.39 is 0 Å². The lowest BCUT2D eigenvalue weighted by Crippen LogP contribution is -2.57. The van der Waals surface area contributed by atoms with Crippen molar-refractivity contribution in [3.63, 3.8) is 0 Å². The number of piperazine rings is 1. The maximum atomic E-state index is 4.30. The van der Waals surface area contributed by atoms with E-state index in [0.29, 0.717) is 0 Å². The van der Waals surface area contributed by atoms with Gasteiger partial charge in [-0.15, -0.1) is 15.3 Å². The van der Waals surface area contributed by atoms with E-state index in [4.69, 9.17) is 0 Å². The summed E-state index contributed by atoms with van der Waals surface area (Å²) in [6.45, 7) is 6.19. The van der Waals surface area contributed by atoms with E-state index in [1.54, 1.807) is 17.3 Å². The van der Waals surface area contributed by atoms with Gasteiger partial charge in [-0.3, -0.25) is 9.47 Å². The highest BCUT2D eigenvalue weighted by Crippen LogP contribution is 2.36. The second kappa shape index (κ2) is 9.29. The number of aryl methyl sites for hydroxylation is 2. The molecule has 1 aliphatic heterocycles. The first-order valence-corrected chi connectivity index (χ1v) is 12.4. The number of hydrogen-bond donors (Lipinski definition) is 2. The molecule has 1 atom stereocenters. The van der Waals surface area contributed by atoms with Gasteiger partial charge in [-0.2, -0.15) is 0 Å². The van der Waals surface area contributed by atoms with E-state index in [9.17, 15) is 0 Å². The summed E-state index contributed by atoms with van der Waals surface area (Å²) in [5, 5.41) is 25.0. The zero-order valence-corrected chi connectivity index (χ0v) is 20.6. The van der Waals surface area contributed by atoms with Crippen LogP contribution in [0, 0.1) is 0 Å². The Labute approximate surface area is 209 Å². The molecule has 10 nitrogen and oxygen atoms in total. The Morgan fingerprint density at radius 3 is 2.78 bits per heavy atom. The third-order valence-electron chi connectivity index (χ3n) is 7.44. The molecule has 2 N–H and O–H groups in total. The number of nitrogens with one attached hydrogen (secondary N) is 2. The Bertz CT molecular complexity index is 1470. The number of tetrazole rings is 1. The van der Waals surface area contributed by atoms with Gasteiger partial charge in [0.2, 0.25) is 0 Å². The normalized spacial score (nSPS) is 18.7. The summed E-state index contributed by atoms with van der Waals surface area (Å²) in [6, 6.07) is 14.9. The SMILES string of the molecule is Cn1nnnc1-c1ccccc1C1(C)CNCCN1CCCc1c[nH]c2ccc(-n3cnnc3)cc12. The topological polar surface area (TPSA) is 105 Å². The fourth-order valence-corrected chi connectivity index (χ4v) is 5.46. The van der Waals surface area contributed by atoms with Gasteiger partial charge >= 0.3 is 0 Å². The van der Waals surface area contributed by atoms with E-state index in [1.807, 2.05) is 11.6 Å². The average molecular weight is 483 g/mol. The molecule has 0 spiro atoms. The molecule has 1 unspecified atom stereocenters. The molecule has 4 heterocycles. The van der Waals surface area contributed by atoms with Crippen LogP contribution in [0.15, 0.2) is 61.3 Å². The Hall–Kier alpha value is -3.89. The van der Waals surface area contributed by atoms with Crippen LogP contribution in [0.3, 0.4) is 0 Å². The Balaban J connectivity index is 1.23. The van der Waals surface area contributed by atoms with Crippen LogP contribution in [-0.4, -0.2) is 71.0 Å². The molecule has 0 bridgehead atoms. The van der Waals surface area contributed by atoms with E-state index in [-0.39, 0.29) is 5.54 Å². The van der Waals surface area contributed by atoms with Gasteiger partial charge in [-0.05, 0) is 66.1 Å². The molecular formula is C26H30N10. The summed E-state index contributed by atoms with van der Waals surface area (Å²) < 4.78 is 3.68. The number of nitrogens with zero attached hydrogens (tertiary/aromatic N) is 8. The number of fused-ring (bicyclic) bond motifs is 1. The molecule has 3 aromatic heterocycles. The van der Waals surface area contributed by atoms with E-state index in [1.165, 1.54) is 16.5 Å². The maximum absolute atomic E-state index is 4.30. The molecule has 10 heteroatoms. The Morgan fingerprint density at radius 2 is 1.94 bits per heavy atom. The molecular weight excluding hydrogens is 452 g/mol. The lowest BCUT2D eigenvalue weighted by molar-refractivity contribution is 0.0723. The summed E-state index contributed by atoms with van der Waals surface area (Å²) >= 11 is 0. The summed E-state index contributed by atoms with van der Waals surface area (Å²) in [5.74, 6) is 0.792. The van der Waals surface area contributed by atoms with Crippen molar-refractivity contribution in [2.75, 3.05) is 26.2 Å². The van der Waals surface area contributed by atoms with Crippen LogP contribution in [0.2, 0.25) is 0 Å². The zero-order valence-electron chi connectivity index (χ0n) is 20.6. The fraction of sp³-hybridized carbons (Fsp3) is 0.346. The minimum absolute atomic E-state index is 0.164. The largest absolute Gasteiger partial charge is 0.361 e. The molecule has 5 aromatic rings. The van der Waals surface area contributed by atoms with Gasteiger partial charge < -0.3 is 10.3 Å². The number of rotatable bonds is 7. The average Bonchev–Trinajstić information content (AvgIpc) is 3.67. The standard InChI is InChI=1S/C26H30N10/c1-26(23-8-4-3-7-21(23)25-31-32-33-34(25)2)16-27-11-13-36(26)12-5-6-19-15-28-24-10-9-20(14-22(19)24)35-17-29-30-18-35/h3-4,7-10,14-15,17-18,27-28H,5-6,11-13,16H2,1-2H3. The molecule has 184 valence electrons. The maximum Gasteiger partial charge on any atom is 0.182 e. The molecule has 0 radical (unpaired) electrons. The van der Waals surface area contributed by atoms with Crippen LogP contribution in [0.5, 0.6) is 0 Å². The minimum atomic E-state index is -0.164. The van der Waals surface area contributed by atoms with Gasteiger partial charge in [0.25, 0.3) is 0 Å². The Kier molecular flexibility index (Phi) is 5.82.